The highest BCUT2D eigenvalue weighted by Gasteiger charge is 2.14. The number of nitrogens with one attached hydrogen (secondary N) is 1. The Kier molecular flexibility index (Phi) is 3.92. The summed E-state index contributed by atoms with van der Waals surface area (Å²) < 4.78 is 16.8. The number of anilines is 1. The summed E-state index contributed by atoms with van der Waals surface area (Å²) in [6.45, 7) is 2.07. The maximum atomic E-state index is 13.6. The molecule has 2 heterocycles. The number of rotatable bonds is 4. The van der Waals surface area contributed by atoms with Crippen LogP contribution in [0.2, 0.25) is 0 Å². The summed E-state index contributed by atoms with van der Waals surface area (Å²) in [5.74, 6) is -0.138. The van der Waals surface area contributed by atoms with Crippen LogP contribution in [-0.4, -0.2) is 25.5 Å². The molecular weight excluding hydrogens is 297 g/mol. The van der Waals surface area contributed by atoms with E-state index >= 15 is 0 Å². The Morgan fingerprint density at radius 1 is 1.26 bits per heavy atom. The highest BCUT2D eigenvalue weighted by molar-refractivity contribution is 6.04. The highest BCUT2D eigenvalue weighted by Crippen LogP contribution is 2.12. The summed E-state index contributed by atoms with van der Waals surface area (Å²) >= 11 is 0. The number of hydrogen-bond donors (Lipinski definition) is 1. The molecule has 7 heteroatoms. The van der Waals surface area contributed by atoms with Gasteiger partial charge in [-0.05, 0) is 13.0 Å². The van der Waals surface area contributed by atoms with E-state index in [1.807, 2.05) is 0 Å². The SMILES string of the molecule is Cc1nn(C)cc1C(=O)Nc1ccn(Cc2ccccc2F)n1. The first-order valence-electron chi connectivity index (χ1n) is 7.11. The van der Waals surface area contributed by atoms with Crippen LogP contribution in [0.1, 0.15) is 21.6 Å². The van der Waals surface area contributed by atoms with Crippen LogP contribution in [-0.2, 0) is 13.6 Å². The Balaban J connectivity index is 1.71. The quantitative estimate of drug-likeness (QED) is 0.804. The molecule has 2 aromatic heterocycles. The van der Waals surface area contributed by atoms with Crippen molar-refractivity contribution in [2.45, 2.75) is 13.5 Å². The molecule has 0 aliphatic rings. The van der Waals surface area contributed by atoms with Gasteiger partial charge in [0.2, 0.25) is 0 Å². The smallest absolute Gasteiger partial charge is 0.260 e. The fourth-order valence-corrected chi connectivity index (χ4v) is 2.32. The van der Waals surface area contributed by atoms with Gasteiger partial charge in [0.05, 0.1) is 17.8 Å². The first-order chi connectivity index (χ1) is 11.0. The zero-order chi connectivity index (χ0) is 16.4. The van der Waals surface area contributed by atoms with Crippen LogP contribution >= 0.6 is 0 Å². The van der Waals surface area contributed by atoms with E-state index < -0.39 is 0 Å². The predicted octanol–water partition coefficient (Wildman–Crippen LogP) is 2.36. The van der Waals surface area contributed by atoms with Crippen molar-refractivity contribution in [3.8, 4) is 0 Å². The Hall–Kier alpha value is -2.96. The normalized spacial score (nSPS) is 10.7. The molecule has 3 rings (SSSR count). The molecule has 6 nitrogen and oxygen atoms in total. The van der Waals surface area contributed by atoms with Crippen LogP contribution in [0.3, 0.4) is 0 Å². The van der Waals surface area contributed by atoms with Crippen molar-refractivity contribution in [1.82, 2.24) is 19.6 Å². The molecule has 1 N–H and O–H groups in total. The fraction of sp³-hybridized carbons (Fsp3) is 0.188. The standard InChI is InChI=1S/C16H16FN5O/c1-11-13(10-21(2)19-11)16(23)18-15-7-8-22(20-15)9-12-5-3-4-6-14(12)17/h3-8,10H,9H2,1-2H3,(H,18,20,23). The third kappa shape index (κ3) is 3.28. The number of halogens is 1. The summed E-state index contributed by atoms with van der Waals surface area (Å²) in [6.07, 6.45) is 3.35. The van der Waals surface area contributed by atoms with E-state index in [2.05, 4.69) is 15.5 Å². The van der Waals surface area contributed by atoms with Gasteiger partial charge in [-0.3, -0.25) is 14.2 Å². The van der Waals surface area contributed by atoms with E-state index in [1.165, 1.54) is 6.07 Å². The number of carbonyl (C=O) groups excluding carboxylic acids is 1. The Labute approximate surface area is 132 Å². The van der Waals surface area contributed by atoms with Crippen LogP contribution < -0.4 is 5.32 Å². The molecule has 0 fully saturated rings. The van der Waals surface area contributed by atoms with Crippen molar-refractivity contribution >= 4 is 11.7 Å². The molecule has 0 spiro atoms. The van der Waals surface area contributed by atoms with E-state index in [1.54, 1.807) is 60.0 Å². The molecule has 3 aromatic rings. The monoisotopic (exact) mass is 313 g/mol. The van der Waals surface area contributed by atoms with Crippen molar-refractivity contribution in [3.05, 3.63) is 65.4 Å². The molecular formula is C16H16FN5O. The number of carbonyl (C=O) groups is 1. The minimum atomic E-state index is -0.278. The van der Waals surface area contributed by atoms with Gasteiger partial charge in [0, 0.05) is 31.1 Å². The van der Waals surface area contributed by atoms with Crippen LogP contribution in [0, 0.1) is 12.7 Å². The highest BCUT2D eigenvalue weighted by atomic mass is 19.1. The number of aromatic nitrogens is 4. The Morgan fingerprint density at radius 3 is 2.74 bits per heavy atom. The zero-order valence-corrected chi connectivity index (χ0v) is 12.8. The minimum absolute atomic E-state index is 0.272. The summed E-state index contributed by atoms with van der Waals surface area (Å²) in [5.41, 5.74) is 1.68. The summed E-state index contributed by atoms with van der Waals surface area (Å²) in [5, 5.41) is 11.1. The number of hydrogen-bond acceptors (Lipinski definition) is 3. The molecule has 0 aliphatic carbocycles. The lowest BCUT2D eigenvalue weighted by Crippen LogP contribution is -2.13. The third-order valence-corrected chi connectivity index (χ3v) is 3.43. The molecule has 118 valence electrons. The number of nitrogens with zero attached hydrogens (tertiary/aromatic N) is 4. The molecule has 0 atom stereocenters. The van der Waals surface area contributed by atoms with Crippen molar-refractivity contribution in [2.24, 2.45) is 7.05 Å². The molecule has 0 saturated heterocycles. The van der Waals surface area contributed by atoms with Gasteiger partial charge in [-0.25, -0.2) is 4.39 Å². The van der Waals surface area contributed by atoms with E-state index in [0.29, 0.717) is 29.2 Å². The maximum Gasteiger partial charge on any atom is 0.260 e. The zero-order valence-electron chi connectivity index (χ0n) is 12.8. The molecule has 23 heavy (non-hydrogen) atoms. The number of amides is 1. The van der Waals surface area contributed by atoms with Gasteiger partial charge in [-0.15, -0.1) is 0 Å². The van der Waals surface area contributed by atoms with Gasteiger partial charge in [-0.2, -0.15) is 10.2 Å². The van der Waals surface area contributed by atoms with Crippen LogP contribution in [0.25, 0.3) is 0 Å². The van der Waals surface area contributed by atoms with E-state index in [9.17, 15) is 9.18 Å². The lowest BCUT2D eigenvalue weighted by molar-refractivity contribution is 0.102. The lowest BCUT2D eigenvalue weighted by Gasteiger charge is -2.03. The van der Waals surface area contributed by atoms with E-state index in [-0.39, 0.29) is 11.7 Å². The van der Waals surface area contributed by atoms with Gasteiger partial charge >= 0.3 is 0 Å². The molecule has 0 saturated carbocycles. The van der Waals surface area contributed by atoms with Gasteiger partial charge in [0.25, 0.3) is 5.91 Å². The second-order valence-corrected chi connectivity index (χ2v) is 5.25. The second-order valence-electron chi connectivity index (χ2n) is 5.25. The topological polar surface area (TPSA) is 64.7 Å². The minimum Gasteiger partial charge on any atom is -0.305 e. The third-order valence-electron chi connectivity index (χ3n) is 3.43. The van der Waals surface area contributed by atoms with Crippen molar-refractivity contribution in [1.29, 1.82) is 0 Å². The number of benzene rings is 1. The summed E-state index contributed by atoms with van der Waals surface area (Å²) in [7, 11) is 1.76. The largest absolute Gasteiger partial charge is 0.305 e. The van der Waals surface area contributed by atoms with Crippen molar-refractivity contribution in [3.63, 3.8) is 0 Å². The van der Waals surface area contributed by atoms with Gasteiger partial charge in [-0.1, -0.05) is 18.2 Å². The average molecular weight is 313 g/mol. The van der Waals surface area contributed by atoms with Crippen LogP contribution in [0.4, 0.5) is 10.2 Å². The fourth-order valence-electron chi connectivity index (χ4n) is 2.32. The van der Waals surface area contributed by atoms with Crippen molar-refractivity contribution < 1.29 is 9.18 Å². The first-order valence-corrected chi connectivity index (χ1v) is 7.11. The van der Waals surface area contributed by atoms with Gasteiger partial charge in [0.1, 0.15) is 5.82 Å². The maximum absolute atomic E-state index is 13.6. The molecule has 1 amide bonds. The molecule has 0 bridgehead atoms. The van der Waals surface area contributed by atoms with E-state index in [4.69, 9.17) is 0 Å². The Morgan fingerprint density at radius 2 is 2.04 bits per heavy atom. The predicted molar refractivity (Wildman–Crippen MR) is 83.6 cm³/mol. The average Bonchev–Trinajstić information content (AvgIpc) is 3.07. The molecule has 0 radical (unpaired) electrons. The lowest BCUT2D eigenvalue weighted by atomic mass is 10.2. The Bertz CT molecular complexity index is 852. The van der Waals surface area contributed by atoms with Gasteiger partial charge in [0.15, 0.2) is 5.82 Å². The first kappa shape index (κ1) is 15.0. The molecule has 0 unspecified atom stereocenters. The summed E-state index contributed by atoms with van der Waals surface area (Å²) in [4.78, 5) is 12.2. The second kappa shape index (κ2) is 6.04. The van der Waals surface area contributed by atoms with E-state index in [0.717, 1.165) is 0 Å². The summed E-state index contributed by atoms with van der Waals surface area (Å²) in [6, 6.07) is 8.20. The molecule has 0 aliphatic heterocycles. The van der Waals surface area contributed by atoms with Crippen LogP contribution in [0.15, 0.2) is 42.7 Å². The molecule has 1 aromatic carbocycles. The van der Waals surface area contributed by atoms with Crippen molar-refractivity contribution in [2.75, 3.05) is 5.32 Å². The number of aryl methyl sites for hydroxylation is 2. The van der Waals surface area contributed by atoms with Crippen LogP contribution in [0.5, 0.6) is 0 Å². The van der Waals surface area contributed by atoms with Gasteiger partial charge < -0.3 is 5.32 Å².